The van der Waals surface area contributed by atoms with Gasteiger partial charge in [-0.1, -0.05) is 0 Å². The second-order valence-electron chi connectivity index (χ2n) is 3.72. The number of aromatic nitrogens is 2. The third kappa shape index (κ3) is 3.37. The molecule has 1 aromatic heterocycles. The predicted molar refractivity (Wildman–Crippen MR) is 53.5 cm³/mol. The maximum absolute atomic E-state index is 8.60. The zero-order chi connectivity index (χ0) is 10.6. The Hall–Kier alpha value is -1.67. The molecule has 0 radical (unpaired) electrons. The maximum Gasteiger partial charge on any atom is 0.223 e. The van der Waals surface area contributed by atoms with Gasteiger partial charge in [0.15, 0.2) is 0 Å². The minimum atomic E-state index is -0.327. The second kappa shape index (κ2) is 4.03. The molecule has 5 nitrogen and oxygen atoms in total. The zero-order valence-corrected chi connectivity index (χ0v) is 8.28. The fourth-order valence-electron chi connectivity index (χ4n) is 0.813. The van der Waals surface area contributed by atoms with Gasteiger partial charge in [-0.05, 0) is 19.9 Å². The van der Waals surface area contributed by atoms with Crippen LogP contribution in [0.4, 0.5) is 5.95 Å². The molecule has 0 aliphatic heterocycles. The Morgan fingerprint density at radius 3 is 2.93 bits per heavy atom. The number of hydrogen-bond donors (Lipinski definition) is 2. The van der Waals surface area contributed by atoms with Crippen molar-refractivity contribution >= 4 is 5.95 Å². The van der Waals surface area contributed by atoms with Crippen molar-refractivity contribution in [1.29, 1.82) is 5.26 Å². The van der Waals surface area contributed by atoms with E-state index in [0.717, 1.165) is 0 Å². The van der Waals surface area contributed by atoms with Crippen LogP contribution in [0.1, 0.15) is 19.5 Å². The van der Waals surface area contributed by atoms with Crippen LogP contribution >= 0.6 is 0 Å². The summed E-state index contributed by atoms with van der Waals surface area (Å²) >= 11 is 0. The van der Waals surface area contributed by atoms with Crippen LogP contribution in [0.3, 0.4) is 0 Å². The average Bonchev–Trinajstić information content (AvgIpc) is 2.14. The van der Waals surface area contributed by atoms with Gasteiger partial charge in [-0.25, -0.2) is 9.97 Å². The lowest BCUT2D eigenvalue weighted by Crippen LogP contribution is -2.39. The van der Waals surface area contributed by atoms with Crippen molar-refractivity contribution in [3.05, 3.63) is 18.0 Å². The first-order chi connectivity index (χ1) is 6.51. The number of nitriles is 1. The predicted octanol–water partition coefficient (Wildman–Crippen LogP) is 0.497. The van der Waals surface area contributed by atoms with Gasteiger partial charge in [0, 0.05) is 18.3 Å². The molecule has 0 atom stereocenters. The number of hydrogen-bond acceptors (Lipinski definition) is 5. The molecule has 0 aliphatic rings. The van der Waals surface area contributed by atoms with Crippen molar-refractivity contribution in [2.75, 3.05) is 11.9 Å². The average molecular weight is 191 g/mol. The van der Waals surface area contributed by atoms with Gasteiger partial charge in [0.05, 0.1) is 0 Å². The first-order valence-corrected chi connectivity index (χ1v) is 4.27. The van der Waals surface area contributed by atoms with Gasteiger partial charge < -0.3 is 11.1 Å². The largest absolute Gasteiger partial charge is 0.352 e. The molecule has 0 aliphatic carbocycles. The van der Waals surface area contributed by atoms with E-state index in [2.05, 4.69) is 15.3 Å². The zero-order valence-electron chi connectivity index (χ0n) is 8.28. The molecule has 0 bridgehead atoms. The second-order valence-corrected chi connectivity index (χ2v) is 3.72. The summed E-state index contributed by atoms with van der Waals surface area (Å²) in [4.78, 5) is 7.92. The van der Waals surface area contributed by atoms with Crippen LogP contribution in [-0.2, 0) is 0 Å². The third-order valence-corrected chi connectivity index (χ3v) is 1.47. The van der Waals surface area contributed by atoms with Crippen molar-refractivity contribution in [1.82, 2.24) is 9.97 Å². The van der Waals surface area contributed by atoms with E-state index in [-0.39, 0.29) is 5.54 Å². The summed E-state index contributed by atoms with van der Waals surface area (Å²) in [5.74, 6) is 0.433. The summed E-state index contributed by atoms with van der Waals surface area (Å²) in [6.45, 7) is 4.35. The Morgan fingerprint density at radius 1 is 1.64 bits per heavy atom. The molecule has 0 unspecified atom stereocenters. The normalized spacial score (nSPS) is 10.7. The Bertz CT molecular complexity index is 347. The highest BCUT2D eigenvalue weighted by molar-refractivity contribution is 5.30. The van der Waals surface area contributed by atoms with Crippen LogP contribution in [0.5, 0.6) is 0 Å². The third-order valence-electron chi connectivity index (χ3n) is 1.47. The van der Waals surface area contributed by atoms with Crippen molar-refractivity contribution in [2.24, 2.45) is 5.73 Å². The van der Waals surface area contributed by atoms with Gasteiger partial charge in [0.25, 0.3) is 0 Å². The number of rotatable bonds is 3. The summed E-state index contributed by atoms with van der Waals surface area (Å²) < 4.78 is 0. The Labute approximate surface area is 83.0 Å². The van der Waals surface area contributed by atoms with Crippen LogP contribution in [-0.4, -0.2) is 22.1 Å². The number of nitrogens with zero attached hydrogens (tertiary/aromatic N) is 3. The molecule has 0 saturated heterocycles. The SMILES string of the molecule is CC(C)(N)CNc1nccc(C#N)n1. The molecule has 1 heterocycles. The molecular weight excluding hydrogens is 178 g/mol. The molecule has 0 fully saturated rings. The summed E-state index contributed by atoms with van der Waals surface area (Å²) in [6.07, 6.45) is 1.54. The Balaban J connectivity index is 2.65. The quantitative estimate of drug-likeness (QED) is 0.726. The number of nitrogens with two attached hydrogens (primary N) is 1. The van der Waals surface area contributed by atoms with Crippen molar-refractivity contribution in [2.45, 2.75) is 19.4 Å². The van der Waals surface area contributed by atoms with E-state index in [1.165, 1.54) is 6.20 Å². The monoisotopic (exact) mass is 191 g/mol. The molecule has 0 amide bonds. The van der Waals surface area contributed by atoms with E-state index in [9.17, 15) is 0 Å². The molecule has 14 heavy (non-hydrogen) atoms. The van der Waals surface area contributed by atoms with E-state index < -0.39 is 0 Å². The molecule has 5 heteroatoms. The van der Waals surface area contributed by atoms with E-state index in [1.54, 1.807) is 6.07 Å². The first-order valence-electron chi connectivity index (χ1n) is 4.27. The number of anilines is 1. The molecule has 0 spiro atoms. The molecule has 0 saturated carbocycles. The highest BCUT2D eigenvalue weighted by atomic mass is 15.1. The highest BCUT2D eigenvalue weighted by Crippen LogP contribution is 2.02. The van der Waals surface area contributed by atoms with Gasteiger partial charge in [-0.2, -0.15) is 5.26 Å². The Morgan fingerprint density at radius 2 is 2.36 bits per heavy atom. The topological polar surface area (TPSA) is 87.6 Å². The molecule has 1 rings (SSSR count). The van der Waals surface area contributed by atoms with Crippen molar-refractivity contribution in [3.63, 3.8) is 0 Å². The van der Waals surface area contributed by atoms with Gasteiger partial charge in [0.1, 0.15) is 11.8 Å². The summed E-state index contributed by atoms with van der Waals surface area (Å²) in [6, 6.07) is 3.50. The van der Waals surface area contributed by atoms with Crippen molar-refractivity contribution in [3.8, 4) is 6.07 Å². The van der Waals surface area contributed by atoms with Gasteiger partial charge >= 0.3 is 0 Å². The molecular formula is C9H13N5. The van der Waals surface area contributed by atoms with Crippen LogP contribution in [0, 0.1) is 11.3 Å². The lowest BCUT2D eigenvalue weighted by Gasteiger charge is -2.18. The molecule has 1 aromatic rings. The fraction of sp³-hybridized carbons (Fsp3) is 0.444. The molecule has 74 valence electrons. The molecule has 0 aromatic carbocycles. The minimum absolute atomic E-state index is 0.327. The van der Waals surface area contributed by atoms with Crippen LogP contribution in [0.25, 0.3) is 0 Å². The van der Waals surface area contributed by atoms with Gasteiger partial charge in [-0.3, -0.25) is 0 Å². The smallest absolute Gasteiger partial charge is 0.223 e. The van der Waals surface area contributed by atoms with E-state index in [4.69, 9.17) is 11.0 Å². The number of nitrogens with one attached hydrogen (secondary N) is 1. The minimum Gasteiger partial charge on any atom is -0.352 e. The maximum atomic E-state index is 8.60. The van der Waals surface area contributed by atoms with E-state index >= 15 is 0 Å². The Kier molecular flexibility index (Phi) is 2.99. The highest BCUT2D eigenvalue weighted by Gasteiger charge is 2.10. The summed E-state index contributed by atoms with van der Waals surface area (Å²) in [7, 11) is 0. The summed E-state index contributed by atoms with van der Waals surface area (Å²) in [5.41, 5.74) is 5.79. The standard InChI is InChI=1S/C9H13N5/c1-9(2,11)6-13-8-12-4-3-7(5-10)14-8/h3-4H,6,11H2,1-2H3,(H,12,13,14). The molecule has 3 N–H and O–H groups in total. The van der Waals surface area contributed by atoms with Crippen LogP contribution in [0.2, 0.25) is 0 Å². The summed E-state index contributed by atoms with van der Waals surface area (Å²) in [5, 5.41) is 11.6. The van der Waals surface area contributed by atoms with Crippen LogP contribution in [0.15, 0.2) is 12.3 Å². The van der Waals surface area contributed by atoms with Crippen molar-refractivity contribution < 1.29 is 0 Å². The van der Waals surface area contributed by atoms with E-state index in [1.807, 2.05) is 19.9 Å². The van der Waals surface area contributed by atoms with Crippen LogP contribution < -0.4 is 11.1 Å². The van der Waals surface area contributed by atoms with E-state index in [0.29, 0.717) is 18.2 Å². The lowest BCUT2D eigenvalue weighted by atomic mass is 10.1. The fourth-order valence-corrected chi connectivity index (χ4v) is 0.813. The van der Waals surface area contributed by atoms with Gasteiger partial charge in [0.2, 0.25) is 5.95 Å². The lowest BCUT2D eigenvalue weighted by molar-refractivity contribution is 0.547. The van der Waals surface area contributed by atoms with Gasteiger partial charge in [-0.15, -0.1) is 0 Å². The first kappa shape index (κ1) is 10.4.